The Hall–Kier alpha value is -1.39. The fourth-order valence-corrected chi connectivity index (χ4v) is 1.52. The molecule has 1 aliphatic rings. The molecule has 1 saturated heterocycles. The maximum Gasteiger partial charge on any atom is 0.318 e. The molecular formula is C10H15NO4. The van der Waals surface area contributed by atoms with Gasteiger partial charge in [0.05, 0.1) is 6.61 Å². The normalized spacial score (nSPS) is 21.3. The van der Waals surface area contributed by atoms with Gasteiger partial charge in [-0.25, -0.2) is 0 Å². The summed E-state index contributed by atoms with van der Waals surface area (Å²) in [7, 11) is 0. The van der Waals surface area contributed by atoms with Crippen molar-refractivity contribution in [1.82, 2.24) is 4.90 Å². The molecule has 0 aromatic rings. The zero-order chi connectivity index (χ0) is 11.6. The van der Waals surface area contributed by atoms with Gasteiger partial charge in [0.15, 0.2) is 0 Å². The number of esters is 1. The maximum absolute atomic E-state index is 11.4. The third-order valence-electron chi connectivity index (χ3n) is 2.36. The zero-order valence-electron chi connectivity index (χ0n) is 9.15. The average Bonchev–Trinajstić information content (AvgIpc) is 2.45. The Bertz CT molecular complexity index is 298. The van der Waals surface area contributed by atoms with Crippen LogP contribution >= 0.6 is 0 Å². The minimum atomic E-state index is -0.931. The standard InChI is InChI=1S/C10H15NO4/c1-4-15-10(14)7-5-11(6(2)3)9(13)8(7)12/h6-7H,4-5H2,1-3H3/t7-/m0/s1. The number of likely N-dealkylation sites (tertiary alicyclic amines) is 1. The lowest BCUT2D eigenvalue weighted by Gasteiger charge is -2.19. The number of rotatable bonds is 3. The van der Waals surface area contributed by atoms with Gasteiger partial charge in [-0.15, -0.1) is 0 Å². The Morgan fingerprint density at radius 2 is 2.13 bits per heavy atom. The van der Waals surface area contributed by atoms with E-state index in [1.165, 1.54) is 4.90 Å². The van der Waals surface area contributed by atoms with Gasteiger partial charge in [0, 0.05) is 12.6 Å². The molecule has 1 atom stereocenters. The molecule has 1 heterocycles. The molecule has 0 unspecified atom stereocenters. The zero-order valence-corrected chi connectivity index (χ0v) is 9.15. The molecule has 1 amide bonds. The second-order valence-corrected chi connectivity index (χ2v) is 3.72. The van der Waals surface area contributed by atoms with Crippen molar-refractivity contribution in [3.05, 3.63) is 0 Å². The molecule has 0 saturated carbocycles. The molecule has 0 aromatic heterocycles. The van der Waals surface area contributed by atoms with E-state index in [1.54, 1.807) is 20.8 Å². The minimum Gasteiger partial charge on any atom is -0.465 e. The average molecular weight is 213 g/mol. The highest BCUT2D eigenvalue weighted by Gasteiger charge is 2.44. The van der Waals surface area contributed by atoms with E-state index in [2.05, 4.69) is 0 Å². The molecule has 0 radical (unpaired) electrons. The summed E-state index contributed by atoms with van der Waals surface area (Å²) in [6, 6.07) is -0.0686. The van der Waals surface area contributed by atoms with Gasteiger partial charge in [0.1, 0.15) is 5.92 Å². The van der Waals surface area contributed by atoms with Crippen LogP contribution in [0.15, 0.2) is 0 Å². The topological polar surface area (TPSA) is 63.7 Å². The van der Waals surface area contributed by atoms with Crippen molar-refractivity contribution in [2.75, 3.05) is 13.2 Å². The second-order valence-electron chi connectivity index (χ2n) is 3.72. The van der Waals surface area contributed by atoms with E-state index in [4.69, 9.17) is 4.74 Å². The SMILES string of the molecule is CCOC(=O)[C@H]1CN(C(C)C)C(=O)C1=O. The van der Waals surface area contributed by atoms with Crippen molar-refractivity contribution in [1.29, 1.82) is 0 Å². The Kier molecular flexibility index (Phi) is 3.44. The Morgan fingerprint density at radius 1 is 1.53 bits per heavy atom. The van der Waals surface area contributed by atoms with Crippen LogP contribution in [-0.2, 0) is 19.1 Å². The van der Waals surface area contributed by atoms with Crippen LogP contribution in [0.25, 0.3) is 0 Å². The van der Waals surface area contributed by atoms with Crippen LogP contribution in [0.3, 0.4) is 0 Å². The summed E-state index contributed by atoms with van der Waals surface area (Å²) < 4.78 is 4.73. The van der Waals surface area contributed by atoms with Crippen LogP contribution < -0.4 is 0 Å². The van der Waals surface area contributed by atoms with Crippen molar-refractivity contribution < 1.29 is 19.1 Å². The van der Waals surface area contributed by atoms with E-state index in [0.29, 0.717) is 0 Å². The monoisotopic (exact) mass is 213 g/mol. The molecule has 1 fully saturated rings. The smallest absolute Gasteiger partial charge is 0.318 e. The van der Waals surface area contributed by atoms with Gasteiger partial charge >= 0.3 is 5.97 Å². The van der Waals surface area contributed by atoms with Gasteiger partial charge in [0.25, 0.3) is 5.91 Å². The van der Waals surface area contributed by atoms with Crippen LogP contribution in [0.5, 0.6) is 0 Å². The number of ketones is 1. The van der Waals surface area contributed by atoms with Gasteiger partial charge in [-0.2, -0.15) is 0 Å². The van der Waals surface area contributed by atoms with Gasteiger partial charge < -0.3 is 9.64 Å². The molecular weight excluding hydrogens is 198 g/mol. The number of hydrogen-bond acceptors (Lipinski definition) is 4. The predicted molar refractivity (Wildman–Crippen MR) is 52.0 cm³/mol. The summed E-state index contributed by atoms with van der Waals surface area (Å²) in [5.74, 6) is -2.76. The molecule has 0 N–H and O–H groups in total. The summed E-state index contributed by atoms with van der Waals surface area (Å²) in [6.07, 6.45) is 0. The number of ether oxygens (including phenoxy) is 1. The first-order valence-electron chi connectivity index (χ1n) is 5.00. The highest BCUT2D eigenvalue weighted by atomic mass is 16.5. The third kappa shape index (κ3) is 2.16. The summed E-state index contributed by atoms with van der Waals surface area (Å²) in [5, 5.41) is 0. The van der Waals surface area contributed by atoms with E-state index in [1.807, 2.05) is 0 Å². The molecule has 5 heteroatoms. The van der Waals surface area contributed by atoms with Crippen molar-refractivity contribution in [2.24, 2.45) is 5.92 Å². The minimum absolute atomic E-state index is 0.0686. The maximum atomic E-state index is 11.4. The molecule has 5 nitrogen and oxygen atoms in total. The van der Waals surface area contributed by atoms with E-state index in [9.17, 15) is 14.4 Å². The lowest BCUT2D eigenvalue weighted by atomic mass is 10.1. The third-order valence-corrected chi connectivity index (χ3v) is 2.36. The number of amides is 1. The Balaban J connectivity index is 2.75. The van der Waals surface area contributed by atoms with Gasteiger partial charge in [-0.1, -0.05) is 0 Å². The molecule has 0 bridgehead atoms. The number of carbonyl (C=O) groups is 3. The summed E-state index contributed by atoms with van der Waals surface area (Å²) in [5.41, 5.74) is 0. The van der Waals surface area contributed by atoms with Gasteiger partial charge in [-0.3, -0.25) is 14.4 Å². The van der Waals surface area contributed by atoms with E-state index >= 15 is 0 Å². The van der Waals surface area contributed by atoms with Crippen molar-refractivity contribution in [3.8, 4) is 0 Å². The van der Waals surface area contributed by atoms with E-state index < -0.39 is 23.6 Å². The summed E-state index contributed by atoms with van der Waals surface area (Å²) in [6.45, 7) is 5.64. The molecule has 0 spiro atoms. The fraction of sp³-hybridized carbons (Fsp3) is 0.700. The van der Waals surface area contributed by atoms with Crippen molar-refractivity contribution in [2.45, 2.75) is 26.8 Å². The highest BCUT2D eigenvalue weighted by Crippen LogP contribution is 2.18. The second kappa shape index (κ2) is 4.42. The van der Waals surface area contributed by atoms with Crippen LogP contribution in [0.4, 0.5) is 0 Å². The molecule has 1 aliphatic heterocycles. The molecule has 15 heavy (non-hydrogen) atoms. The largest absolute Gasteiger partial charge is 0.465 e. The van der Waals surface area contributed by atoms with Crippen LogP contribution in [0.2, 0.25) is 0 Å². The van der Waals surface area contributed by atoms with Crippen molar-refractivity contribution >= 4 is 17.7 Å². The quantitative estimate of drug-likeness (QED) is 0.375. The van der Waals surface area contributed by atoms with Gasteiger partial charge in [0.2, 0.25) is 5.78 Å². The first-order valence-corrected chi connectivity index (χ1v) is 5.00. The molecule has 0 aromatic carbocycles. The highest BCUT2D eigenvalue weighted by molar-refractivity contribution is 6.42. The molecule has 1 rings (SSSR count). The first kappa shape index (κ1) is 11.7. The van der Waals surface area contributed by atoms with Crippen LogP contribution in [-0.4, -0.2) is 41.8 Å². The Labute approximate surface area is 88.4 Å². The first-order chi connectivity index (χ1) is 6.99. The lowest BCUT2D eigenvalue weighted by Crippen LogP contribution is -2.33. The molecule has 84 valence electrons. The number of carbonyl (C=O) groups excluding carboxylic acids is 3. The summed E-state index contributed by atoms with van der Waals surface area (Å²) >= 11 is 0. The number of Topliss-reactive ketones (excluding diaryl/α,β-unsaturated/α-hetero) is 1. The summed E-state index contributed by atoms with van der Waals surface area (Å²) in [4.78, 5) is 35.6. The van der Waals surface area contributed by atoms with E-state index in [0.717, 1.165) is 0 Å². The lowest BCUT2D eigenvalue weighted by molar-refractivity contribution is -0.151. The van der Waals surface area contributed by atoms with E-state index in [-0.39, 0.29) is 19.2 Å². The Morgan fingerprint density at radius 3 is 2.53 bits per heavy atom. The predicted octanol–water partition coefficient (Wildman–Crippen LogP) is -0.0146. The number of nitrogens with zero attached hydrogens (tertiary/aromatic N) is 1. The molecule has 0 aliphatic carbocycles. The number of hydrogen-bond donors (Lipinski definition) is 0. The van der Waals surface area contributed by atoms with Gasteiger partial charge in [-0.05, 0) is 20.8 Å². The van der Waals surface area contributed by atoms with Crippen molar-refractivity contribution in [3.63, 3.8) is 0 Å². The van der Waals surface area contributed by atoms with Crippen LogP contribution in [0, 0.1) is 5.92 Å². The fourth-order valence-electron chi connectivity index (χ4n) is 1.52. The van der Waals surface area contributed by atoms with Crippen LogP contribution in [0.1, 0.15) is 20.8 Å².